The maximum atomic E-state index is 14.1. The summed E-state index contributed by atoms with van der Waals surface area (Å²) in [5.74, 6) is -0.908. The summed E-state index contributed by atoms with van der Waals surface area (Å²) in [6.07, 6.45) is 0. The highest BCUT2D eigenvalue weighted by atomic mass is 32.1. The van der Waals surface area contributed by atoms with Gasteiger partial charge in [0.1, 0.15) is 10.5 Å². The van der Waals surface area contributed by atoms with Crippen LogP contribution in [0.3, 0.4) is 0 Å². The van der Waals surface area contributed by atoms with Crippen LogP contribution in [0.4, 0.5) is 8.78 Å². The lowest BCUT2D eigenvalue weighted by atomic mass is 10.0. The third-order valence-corrected chi connectivity index (χ3v) is 3.66. The van der Waals surface area contributed by atoms with E-state index in [2.05, 4.69) is 9.97 Å². The molecule has 0 aliphatic heterocycles. The summed E-state index contributed by atoms with van der Waals surface area (Å²) >= 11 is 5.20. The molecule has 0 radical (unpaired) electrons. The Morgan fingerprint density at radius 1 is 1.15 bits per heavy atom. The van der Waals surface area contributed by atoms with Crippen LogP contribution in [-0.4, -0.2) is 9.97 Å². The zero-order chi connectivity index (χ0) is 15.0. The zero-order valence-electron chi connectivity index (χ0n) is 11.8. The van der Waals surface area contributed by atoms with Crippen molar-refractivity contribution in [1.82, 2.24) is 9.97 Å². The molecule has 0 aliphatic carbocycles. The molecule has 2 rings (SSSR count). The summed E-state index contributed by atoms with van der Waals surface area (Å²) in [4.78, 5) is 7.34. The first-order valence-corrected chi connectivity index (χ1v) is 6.79. The van der Waals surface area contributed by atoms with E-state index in [0.29, 0.717) is 21.7 Å². The summed E-state index contributed by atoms with van der Waals surface area (Å²) < 4.78 is 28.3. The van der Waals surface area contributed by atoms with Gasteiger partial charge in [0.05, 0.1) is 5.69 Å². The van der Waals surface area contributed by atoms with Crippen molar-refractivity contribution in [3.05, 3.63) is 45.4 Å². The van der Waals surface area contributed by atoms with Gasteiger partial charge in [0.25, 0.3) is 0 Å². The normalized spacial score (nSPS) is 11.2. The molecule has 0 saturated heterocycles. The van der Waals surface area contributed by atoms with E-state index in [1.807, 2.05) is 13.8 Å². The molecule has 1 aromatic carbocycles. The lowest BCUT2D eigenvalue weighted by Gasteiger charge is -2.13. The Bertz CT molecular complexity index is 721. The molecule has 0 atom stereocenters. The number of rotatable bonds is 2. The van der Waals surface area contributed by atoms with E-state index in [4.69, 9.17) is 12.2 Å². The summed E-state index contributed by atoms with van der Waals surface area (Å²) in [6.45, 7) is 7.20. The fourth-order valence-electron chi connectivity index (χ4n) is 1.93. The Labute approximate surface area is 121 Å². The molecule has 2 aromatic rings. The summed E-state index contributed by atoms with van der Waals surface area (Å²) in [6, 6.07) is 3.12. The lowest BCUT2D eigenvalue weighted by molar-refractivity contribution is 0.505. The second-order valence-corrected chi connectivity index (χ2v) is 5.53. The highest BCUT2D eigenvalue weighted by Crippen LogP contribution is 2.28. The molecule has 5 heteroatoms. The Kier molecular flexibility index (Phi) is 3.99. The standard InChI is InChI=1S/C15H16F2N2S/c1-7(2)14-18-13(9(4)15(20)19-14)10-6-5-8(3)11(16)12(10)17/h5-7H,1-4H3,(H,18,19,20). The van der Waals surface area contributed by atoms with Gasteiger partial charge < -0.3 is 4.98 Å². The van der Waals surface area contributed by atoms with Gasteiger partial charge >= 0.3 is 0 Å². The fraction of sp³-hybridized carbons (Fsp3) is 0.333. The number of halogens is 2. The van der Waals surface area contributed by atoms with E-state index in [-0.39, 0.29) is 17.0 Å². The maximum absolute atomic E-state index is 14.1. The van der Waals surface area contributed by atoms with Gasteiger partial charge in [0.2, 0.25) is 0 Å². The fourth-order valence-corrected chi connectivity index (χ4v) is 2.13. The number of nitrogens with zero attached hydrogens (tertiary/aromatic N) is 1. The molecule has 2 nitrogen and oxygen atoms in total. The number of aromatic nitrogens is 2. The van der Waals surface area contributed by atoms with Crippen LogP contribution in [0.15, 0.2) is 12.1 Å². The van der Waals surface area contributed by atoms with Crippen molar-refractivity contribution in [1.29, 1.82) is 0 Å². The number of aryl methyl sites for hydroxylation is 1. The minimum Gasteiger partial charge on any atom is -0.343 e. The van der Waals surface area contributed by atoms with Crippen LogP contribution in [0.25, 0.3) is 11.3 Å². The van der Waals surface area contributed by atoms with Crippen molar-refractivity contribution in [2.24, 2.45) is 0 Å². The second kappa shape index (κ2) is 5.40. The molecule has 0 fully saturated rings. The molecule has 1 aromatic heterocycles. The van der Waals surface area contributed by atoms with Crippen molar-refractivity contribution in [2.45, 2.75) is 33.6 Å². The second-order valence-electron chi connectivity index (χ2n) is 5.14. The molecule has 0 aliphatic rings. The lowest BCUT2D eigenvalue weighted by Crippen LogP contribution is -2.04. The van der Waals surface area contributed by atoms with E-state index < -0.39 is 11.6 Å². The third kappa shape index (κ3) is 2.50. The number of aromatic amines is 1. The first-order valence-electron chi connectivity index (χ1n) is 6.38. The largest absolute Gasteiger partial charge is 0.343 e. The Hall–Kier alpha value is -1.62. The zero-order valence-corrected chi connectivity index (χ0v) is 12.7. The van der Waals surface area contributed by atoms with Gasteiger partial charge in [-0.05, 0) is 25.5 Å². The van der Waals surface area contributed by atoms with Crippen molar-refractivity contribution >= 4 is 12.2 Å². The smallest absolute Gasteiger partial charge is 0.168 e. The predicted molar refractivity (Wildman–Crippen MR) is 78.3 cm³/mol. The average molecular weight is 294 g/mol. The molecular weight excluding hydrogens is 278 g/mol. The molecule has 1 N–H and O–H groups in total. The molecule has 0 saturated carbocycles. The van der Waals surface area contributed by atoms with E-state index in [0.717, 1.165) is 0 Å². The minimum atomic E-state index is -0.861. The van der Waals surface area contributed by atoms with E-state index in [1.165, 1.54) is 6.92 Å². The van der Waals surface area contributed by atoms with Crippen LogP contribution in [0, 0.1) is 30.1 Å². The molecular formula is C15H16F2N2S. The van der Waals surface area contributed by atoms with Crippen molar-refractivity contribution in [3.8, 4) is 11.3 Å². The van der Waals surface area contributed by atoms with E-state index >= 15 is 0 Å². The molecule has 1 heterocycles. The molecule has 0 spiro atoms. The number of hydrogen-bond donors (Lipinski definition) is 1. The first-order chi connectivity index (χ1) is 9.32. The predicted octanol–water partition coefficient (Wildman–Crippen LogP) is 4.82. The highest BCUT2D eigenvalue weighted by molar-refractivity contribution is 7.71. The SMILES string of the molecule is Cc1ccc(-c2[nH]c(C(C)C)nc(=S)c2C)c(F)c1F. The Morgan fingerprint density at radius 2 is 1.80 bits per heavy atom. The monoisotopic (exact) mass is 294 g/mol. The quantitative estimate of drug-likeness (QED) is 0.804. The summed E-state index contributed by atoms with van der Waals surface area (Å²) in [7, 11) is 0. The minimum absolute atomic E-state index is 0.120. The van der Waals surface area contributed by atoms with Crippen molar-refractivity contribution in [2.75, 3.05) is 0 Å². The Balaban J connectivity index is 2.76. The van der Waals surface area contributed by atoms with Crippen LogP contribution in [0.5, 0.6) is 0 Å². The maximum Gasteiger partial charge on any atom is 0.168 e. The van der Waals surface area contributed by atoms with Gasteiger partial charge in [-0.1, -0.05) is 32.1 Å². The van der Waals surface area contributed by atoms with Gasteiger partial charge in [0, 0.05) is 17.0 Å². The number of H-pyrrole nitrogens is 1. The van der Waals surface area contributed by atoms with Gasteiger partial charge in [0.15, 0.2) is 11.6 Å². The van der Waals surface area contributed by atoms with Crippen molar-refractivity contribution < 1.29 is 8.78 Å². The van der Waals surface area contributed by atoms with Gasteiger partial charge in [-0.25, -0.2) is 13.8 Å². The number of benzene rings is 1. The van der Waals surface area contributed by atoms with Crippen LogP contribution < -0.4 is 0 Å². The van der Waals surface area contributed by atoms with Gasteiger partial charge in [-0.15, -0.1) is 0 Å². The van der Waals surface area contributed by atoms with Crippen LogP contribution >= 0.6 is 12.2 Å². The van der Waals surface area contributed by atoms with Crippen LogP contribution in [0.1, 0.15) is 36.7 Å². The number of nitrogens with one attached hydrogen (secondary N) is 1. The molecule has 0 amide bonds. The van der Waals surface area contributed by atoms with Crippen LogP contribution in [-0.2, 0) is 0 Å². The number of hydrogen-bond acceptors (Lipinski definition) is 2. The summed E-state index contributed by atoms with van der Waals surface area (Å²) in [5, 5.41) is 0. The first kappa shape index (κ1) is 14.8. The average Bonchev–Trinajstić information content (AvgIpc) is 2.39. The van der Waals surface area contributed by atoms with E-state index in [1.54, 1.807) is 19.1 Å². The summed E-state index contributed by atoms with van der Waals surface area (Å²) in [5.41, 5.74) is 1.60. The Morgan fingerprint density at radius 3 is 2.40 bits per heavy atom. The van der Waals surface area contributed by atoms with Crippen LogP contribution in [0.2, 0.25) is 0 Å². The molecule has 0 bridgehead atoms. The third-order valence-electron chi connectivity index (χ3n) is 3.26. The van der Waals surface area contributed by atoms with Crippen molar-refractivity contribution in [3.63, 3.8) is 0 Å². The highest BCUT2D eigenvalue weighted by Gasteiger charge is 2.17. The molecule has 106 valence electrons. The van der Waals surface area contributed by atoms with Gasteiger partial charge in [-0.3, -0.25) is 0 Å². The topological polar surface area (TPSA) is 28.7 Å². The molecule has 20 heavy (non-hydrogen) atoms. The van der Waals surface area contributed by atoms with Gasteiger partial charge in [-0.2, -0.15) is 0 Å². The molecule has 0 unspecified atom stereocenters. The van der Waals surface area contributed by atoms with E-state index in [9.17, 15) is 8.78 Å².